The van der Waals surface area contributed by atoms with Crippen LogP contribution in [-0.4, -0.2) is 54.1 Å². The van der Waals surface area contributed by atoms with Gasteiger partial charge < -0.3 is 24.3 Å². The van der Waals surface area contributed by atoms with Crippen LogP contribution >= 0.6 is 0 Å². The number of hydrogen-bond acceptors (Lipinski definition) is 4. The summed E-state index contributed by atoms with van der Waals surface area (Å²) in [6.45, 7) is 4.00. The van der Waals surface area contributed by atoms with Crippen molar-refractivity contribution in [2.45, 2.75) is 64.6 Å². The standard InChI is InChI=1S/C26H36FN3O4/c1-2-33-16-7-15-29(26(32)28-23-8-4-3-5-9-23)20-25(31)30(19-24-10-6-17-34-24)18-21-11-13-22(27)14-12-21/h6,10-14,17,23H,2-5,7-9,15-16,18-20H2,1H3,(H,28,32). The van der Waals surface area contributed by atoms with Crippen LogP contribution in [0.4, 0.5) is 9.18 Å². The summed E-state index contributed by atoms with van der Waals surface area (Å²) in [4.78, 5) is 29.7. The number of carbonyl (C=O) groups is 2. The first-order valence-electron chi connectivity index (χ1n) is 12.2. The molecule has 1 aromatic heterocycles. The Labute approximate surface area is 201 Å². The molecule has 1 saturated carbocycles. The van der Waals surface area contributed by atoms with Gasteiger partial charge in [0.15, 0.2) is 0 Å². The molecule has 2 aromatic rings. The molecule has 34 heavy (non-hydrogen) atoms. The molecule has 0 atom stereocenters. The van der Waals surface area contributed by atoms with Crippen molar-refractivity contribution in [3.63, 3.8) is 0 Å². The number of benzene rings is 1. The molecule has 7 nitrogen and oxygen atoms in total. The van der Waals surface area contributed by atoms with E-state index in [9.17, 15) is 14.0 Å². The van der Waals surface area contributed by atoms with Crippen LogP contribution in [0.25, 0.3) is 0 Å². The number of nitrogens with zero attached hydrogens (tertiary/aromatic N) is 2. The summed E-state index contributed by atoms with van der Waals surface area (Å²) < 4.78 is 24.2. The third-order valence-corrected chi connectivity index (χ3v) is 6.03. The van der Waals surface area contributed by atoms with Gasteiger partial charge in [0.1, 0.15) is 18.1 Å². The smallest absolute Gasteiger partial charge is 0.318 e. The Balaban J connectivity index is 1.68. The van der Waals surface area contributed by atoms with Crippen LogP contribution in [0, 0.1) is 5.82 Å². The van der Waals surface area contributed by atoms with Gasteiger partial charge in [0.25, 0.3) is 0 Å². The molecule has 0 aliphatic heterocycles. The number of ether oxygens (including phenoxy) is 1. The Bertz CT molecular complexity index is 867. The lowest BCUT2D eigenvalue weighted by atomic mass is 9.96. The first-order chi connectivity index (χ1) is 16.5. The Hall–Kier alpha value is -2.87. The number of hydrogen-bond donors (Lipinski definition) is 1. The fourth-order valence-corrected chi connectivity index (χ4v) is 4.16. The van der Waals surface area contributed by atoms with Crippen LogP contribution in [0.2, 0.25) is 0 Å². The van der Waals surface area contributed by atoms with Crippen molar-refractivity contribution in [1.82, 2.24) is 15.1 Å². The zero-order valence-electron chi connectivity index (χ0n) is 20.0. The van der Waals surface area contributed by atoms with E-state index >= 15 is 0 Å². The second kappa shape index (κ2) is 13.7. The third-order valence-electron chi connectivity index (χ3n) is 6.03. The SMILES string of the molecule is CCOCCCN(CC(=O)N(Cc1ccc(F)cc1)Cc1ccco1)C(=O)NC1CCCCC1. The Morgan fingerprint density at radius 1 is 1.09 bits per heavy atom. The molecule has 0 unspecified atom stereocenters. The van der Waals surface area contributed by atoms with Gasteiger partial charge in [-0.15, -0.1) is 0 Å². The van der Waals surface area contributed by atoms with Crippen LogP contribution in [0.5, 0.6) is 0 Å². The minimum absolute atomic E-state index is 0.0490. The van der Waals surface area contributed by atoms with Crippen molar-refractivity contribution in [2.75, 3.05) is 26.3 Å². The summed E-state index contributed by atoms with van der Waals surface area (Å²) in [5.41, 5.74) is 0.802. The Kier molecular flexibility index (Phi) is 10.4. The van der Waals surface area contributed by atoms with Crippen molar-refractivity contribution in [2.24, 2.45) is 0 Å². The third kappa shape index (κ3) is 8.48. The topological polar surface area (TPSA) is 75.0 Å². The van der Waals surface area contributed by atoms with Gasteiger partial charge >= 0.3 is 6.03 Å². The summed E-state index contributed by atoms with van der Waals surface area (Å²) >= 11 is 0. The molecule has 8 heteroatoms. The number of nitrogens with one attached hydrogen (secondary N) is 1. The van der Waals surface area contributed by atoms with E-state index in [0.717, 1.165) is 31.2 Å². The lowest BCUT2D eigenvalue weighted by Crippen LogP contribution is -2.49. The van der Waals surface area contributed by atoms with Crippen molar-refractivity contribution >= 4 is 11.9 Å². The maximum absolute atomic E-state index is 13.4. The molecule has 186 valence electrons. The average molecular weight is 474 g/mol. The zero-order chi connectivity index (χ0) is 24.2. The molecule has 0 radical (unpaired) electrons. The summed E-state index contributed by atoms with van der Waals surface area (Å²) in [5.74, 6) is 0.119. The maximum atomic E-state index is 13.4. The van der Waals surface area contributed by atoms with Crippen LogP contribution in [-0.2, 0) is 22.6 Å². The molecule has 3 amide bonds. The molecule has 1 N–H and O–H groups in total. The molecular weight excluding hydrogens is 437 g/mol. The summed E-state index contributed by atoms with van der Waals surface area (Å²) in [7, 11) is 0. The monoisotopic (exact) mass is 473 g/mol. The first-order valence-corrected chi connectivity index (χ1v) is 12.2. The van der Waals surface area contributed by atoms with Gasteiger partial charge in [0, 0.05) is 32.3 Å². The number of urea groups is 1. The number of amides is 3. The van der Waals surface area contributed by atoms with Gasteiger partial charge in [-0.1, -0.05) is 31.4 Å². The second-order valence-electron chi connectivity index (χ2n) is 8.71. The normalized spacial score (nSPS) is 14.1. The Morgan fingerprint density at radius 2 is 1.85 bits per heavy atom. The van der Waals surface area contributed by atoms with Gasteiger partial charge in [-0.05, 0) is 56.0 Å². The fraction of sp³-hybridized carbons (Fsp3) is 0.538. The molecule has 1 aromatic carbocycles. The van der Waals surface area contributed by atoms with Gasteiger partial charge in [0.2, 0.25) is 5.91 Å². The minimum atomic E-state index is -0.326. The Morgan fingerprint density at radius 3 is 2.53 bits per heavy atom. The van der Waals surface area contributed by atoms with Crippen LogP contribution in [0.3, 0.4) is 0 Å². The van der Waals surface area contributed by atoms with E-state index in [-0.39, 0.29) is 43.4 Å². The lowest BCUT2D eigenvalue weighted by molar-refractivity contribution is -0.133. The number of rotatable bonds is 12. The highest BCUT2D eigenvalue weighted by molar-refractivity contribution is 5.84. The van der Waals surface area contributed by atoms with Crippen molar-refractivity contribution in [1.29, 1.82) is 0 Å². The molecule has 1 aliphatic carbocycles. The quantitative estimate of drug-likeness (QED) is 0.453. The van der Waals surface area contributed by atoms with Gasteiger partial charge in [0.05, 0.1) is 12.8 Å². The predicted molar refractivity (Wildman–Crippen MR) is 127 cm³/mol. The van der Waals surface area contributed by atoms with Crippen molar-refractivity contribution < 1.29 is 23.1 Å². The fourth-order valence-electron chi connectivity index (χ4n) is 4.16. The number of carbonyl (C=O) groups excluding carboxylic acids is 2. The number of furan rings is 1. The number of halogens is 1. The summed E-state index contributed by atoms with van der Waals surface area (Å²) in [6, 6.07) is 9.60. The molecule has 0 bridgehead atoms. The van der Waals surface area contributed by atoms with Gasteiger partial charge in [-0.2, -0.15) is 0 Å². The molecule has 3 rings (SSSR count). The van der Waals surface area contributed by atoms with Crippen molar-refractivity contribution in [3.05, 3.63) is 59.8 Å². The molecule has 0 saturated heterocycles. The summed E-state index contributed by atoms with van der Waals surface area (Å²) in [5, 5.41) is 3.12. The zero-order valence-corrected chi connectivity index (χ0v) is 20.0. The molecule has 0 spiro atoms. The van der Waals surface area contributed by atoms with E-state index in [0.29, 0.717) is 31.9 Å². The van der Waals surface area contributed by atoms with Crippen molar-refractivity contribution in [3.8, 4) is 0 Å². The molecular formula is C26H36FN3O4. The highest BCUT2D eigenvalue weighted by Crippen LogP contribution is 2.18. The maximum Gasteiger partial charge on any atom is 0.318 e. The highest BCUT2D eigenvalue weighted by atomic mass is 19.1. The highest BCUT2D eigenvalue weighted by Gasteiger charge is 2.24. The van der Waals surface area contributed by atoms with E-state index < -0.39 is 0 Å². The van der Waals surface area contributed by atoms with Crippen LogP contribution in [0.15, 0.2) is 47.1 Å². The summed E-state index contributed by atoms with van der Waals surface area (Å²) in [6.07, 6.45) is 7.59. The molecule has 1 fully saturated rings. The van der Waals surface area contributed by atoms with E-state index in [1.54, 1.807) is 40.3 Å². The largest absolute Gasteiger partial charge is 0.467 e. The molecule has 1 aliphatic rings. The second-order valence-corrected chi connectivity index (χ2v) is 8.71. The van der Waals surface area contributed by atoms with Gasteiger partial charge in [-0.3, -0.25) is 4.79 Å². The first kappa shape index (κ1) is 25.7. The minimum Gasteiger partial charge on any atom is -0.467 e. The van der Waals surface area contributed by atoms with E-state index in [4.69, 9.17) is 9.15 Å². The average Bonchev–Trinajstić information content (AvgIpc) is 3.35. The van der Waals surface area contributed by atoms with E-state index in [1.807, 2.05) is 6.92 Å². The van der Waals surface area contributed by atoms with Gasteiger partial charge in [-0.25, -0.2) is 9.18 Å². The predicted octanol–water partition coefficient (Wildman–Crippen LogP) is 4.72. The van der Waals surface area contributed by atoms with Crippen LogP contribution < -0.4 is 5.32 Å². The molecule has 1 heterocycles. The van der Waals surface area contributed by atoms with E-state index in [1.165, 1.54) is 18.6 Å². The lowest BCUT2D eigenvalue weighted by Gasteiger charge is -2.30. The van der Waals surface area contributed by atoms with E-state index in [2.05, 4.69) is 5.32 Å². The van der Waals surface area contributed by atoms with Crippen LogP contribution in [0.1, 0.15) is 56.8 Å².